The molecule has 106 valence electrons. The van der Waals surface area contributed by atoms with Crippen molar-refractivity contribution in [3.8, 4) is 0 Å². The molecule has 2 aromatic heterocycles. The fourth-order valence-electron chi connectivity index (χ4n) is 2.26. The molecule has 0 spiro atoms. The van der Waals surface area contributed by atoms with Gasteiger partial charge in [-0.3, -0.25) is 9.71 Å². The first-order valence-electron chi connectivity index (χ1n) is 6.52. The largest absolute Gasteiger partial charge is 0.465 e. The van der Waals surface area contributed by atoms with Crippen LogP contribution in [0.5, 0.6) is 0 Å². The monoisotopic (exact) mass is 292 g/mol. The minimum Gasteiger partial charge on any atom is -0.465 e. The van der Waals surface area contributed by atoms with Crippen molar-refractivity contribution in [1.82, 2.24) is 4.98 Å². The molecule has 5 nitrogen and oxygen atoms in total. The van der Waals surface area contributed by atoms with Gasteiger partial charge in [0.15, 0.2) is 0 Å². The number of hydrogen-bond acceptors (Lipinski definition) is 4. The third-order valence-corrected chi connectivity index (χ3v) is 4.80. The molecule has 1 aliphatic rings. The van der Waals surface area contributed by atoms with Crippen LogP contribution in [0.2, 0.25) is 0 Å². The Morgan fingerprint density at radius 3 is 2.70 bits per heavy atom. The molecule has 0 aliphatic heterocycles. The van der Waals surface area contributed by atoms with Crippen LogP contribution in [-0.4, -0.2) is 13.4 Å². The number of anilines is 1. The molecule has 1 saturated carbocycles. The Kier molecular flexibility index (Phi) is 3.05. The molecule has 2 heterocycles. The van der Waals surface area contributed by atoms with E-state index in [-0.39, 0.29) is 4.90 Å². The average molecular weight is 292 g/mol. The molecule has 0 saturated heterocycles. The fourth-order valence-corrected chi connectivity index (χ4v) is 3.57. The lowest BCUT2D eigenvalue weighted by Gasteiger charge is -2.10. The molecule has 3 rings (SSSR count). The van der Waals surface area contributed by atoms with Crippen molar-refractivity contribution in [3.05, 3.63) is 41.6 Å². The normalized spacial score (nSPS) is 15.3. The molecule has 0 amide bonds. The predicted octanol–water partition coefficient (Wildman–Crippen LogP) is 2.97. The van der Waals surface area contributed by atoms with E-state index in [0.29, 0.717) is 23.1 Å². The maximum atomic E-state index is 12.4. The number of furan rings is 1. The Balaban J connectivity index is 1.96. The number of sulfonamides is 1. The number of aryl methyl sites for hydroxylation is 2. The van der Waals surface area contributed by atoms with Crippen LogP contribution < -0.4 is 4.72 Å². The van der Waals surface area contributed by atoms with Crippen molar-refractivity contribution in [3.63, 3.8) is 0 Å². The van der Waals surface area contributed by atoms with Crippen LogP contribution in [0.1, 0.15) is 36.0 Å². The molecule has 1 aliphatic carbocycles. The van der Waals surface area contributed by atoms with Gasteiger partial charge < -0.3 is 4.42 Å². The number of aromatic nitrogens is 1. The third-order valence-electron chi connectivity index (χ3n) is 3.33. The van der Waals surface area contributed by atoms with Crippen molar-refractivity contribution in [2.24, 2.45) is 0 Å². The Morgan fingerprint density at radius 2 is 2.10 bits per heavy atom. The van der Waals surface area contributed by atoms with Crippen LogP contribution in [0.3, 0.4) is 0 Å². The highest BCUT2D eigenvalue weighted by Gasteiger charge is 2.29. The summed E-state index contributed by atoms with van der Waals surface area (Å²) in [6.07, 6.45) is 3.82. The summed E-state index contributed by atoms with van der Waals surface area (Å²) >= 11 is 0. The highest BCUT2D eigenvalue weighted by atomic mass is 32.2. The van der Waals surface area contributed by atoms with Crippen molar-refractivity contribution in [2.45, 2.75) is 37.5 Å². The van der Waals surface area contributed by atoms with Crippen LogP contribution in [-0.2, 0) is 10.0 Å². The van der Waals surface area contributed by atoms with Gasteiger partial charge in [0, 0.05) is 18.2 Å². The van der Waals surface area contributed by atoms with E-state index in [0.717, 1.165) is 18.5 Å². The summed E-state index contributed by atoms with van der Waals surface area (Å²) < 4.78 is 32.8. The van der Waals surface area contributed by atoms with E-state index in [1.54, 1.807) is 32.2 Å². The molecular weight excluding hydrogens is 276 g/mol. The third kappa shape index (κ3) is 2.43. The van der Waals surface area contributed by atoms with E-state index >= 15 is 0 Å². The summed E-state index contributed by atoms with van der Waals surface area (Å²) in [6, 6.07) is 5.02. The zero-order valence-corrected chi connectivity index (χ0v) is 12.2. The number of pyridine rings is 1. The number of nitrogens with one attached hydrogen (secondary N) is 1. The molecule has 1 N–H and O–H groups in total. The zero-order valence-electron chi connectivity index (χ0n) is 11.4. The number of rotatable bonds is 4. The maximum Gasteiger partial charge on any atom is 0.265 e. The maximum absolute atomic E-state index is 12.4. The van der Waals surface area contributed by atoms with E-state index in [4.69, 9.17) is 4.42 Å². The summed E-state index contributed by atoms with van der Waals surface area (Å²) in [5, 5.41) is 0. The van der Waals surface area contributed by atoms with Gasteiger partial charge in [-0.05, 0) is 38.8 Å². The van der Waals surface area contributed by atoms with Crippen molar-refractivity contribution < 1.29 is 12.8 Å². The molecule has 1 fully saturated rings. The molecule has 0 aromatic carbocycles. The van der Waals surface area contributed by atoms with Crippen LogP contribution >= 0.6 is 0 Å². The molecule has 6 heteroatoms. The van der Waals surface area contributed by atoms with E-state index < -0.39 is 10.0 Å². The van der Waals surface area contributed by atoms with Crippen molar-refractivity contribution >= 4 is 15.7 Å². The molecule has 20 heavy (non-hydrogen) atoms. The van der Waals surface area contributed by atoms with E-state index in [1.165, 1.54) is 6.07 Å². The summed E-state index contributed by atoms with van der Waals surface area (Å²) in [6.45, 7) is 3.37. The van der Waals surface area contributed by atoms with Gasteiger partial charge in [0.25, 0.3) is 10.0 Å². The van der Waals surface area contributed by atoms with Gasteiger partial charge in [-0.25, -0.2) is 8.42 Å². The summed E-state index contributed by atoms with van der Waals surface area (Å²) in [5.74, 6) is 1.35. The van der Waals surface area contributed by atoms with Crippen molar-refractivity contribution in [2.75, 3.05) is 4.72 Å². The minimum absolute atomic E-state index is 0.181. The number of nitrogens with zero attached hydrogens (tertiary/aromatic N) is 1. The Morgan fingerprint density at radius 1 is 1.35 bits per heavy atom. The predicted molar refractivity (Wildman–Crippen MR) is 75.2 cm³/mol. The van der Waals surface area contributed by atoms with Gasteiger partial charge in [0.05, 0.1) is 11.4 Å². The standard InChI is InChI=1S/C14H16N2O3S/c1-9-8-13(10(2)19-9)20(17,18)16-12-4-3-7-15-14(12)11-5-6-11/h3-4,7-8,11,16H,5-6H2,1-2H3. The minimum atomic E-state index is -3.64. The Hall–Kier alpha value is -1.82. The Labute approximate surface area is 118 Å². The van der Waals surface area contributed by atoms with Crippen LogP contribution in [0, 0.1) is 13.8 Å². The molecule has 0 atom stereocenters. The lowest BCUT2D eigenvalue weighted by molar-refractivity contribution is 0.496. The van der Waals surface area contributed by atoms with Gasteiger partial charge in [0.1, 0.15) is 16.4 Å². The number of hydrogen-bond donors (Lipinski definition) is 1. The summed E-state index contributed by atoms with van der Waals surface area (Å²) in [7, 11) is -3.64. The van der Waals surface area contributed by atoms with E-state index in [1.807, 2.05) is 0 Å². The van der Waals surface area contributed by atoms with E-state index in [2.05, 4.69) is 9.71 Å². The first kappa shape index (κ1) is 13.2. The smallest absolute Gasteiger partial charge is 0.265 e. The van der Waals surface area contributed by atoms with Crippen LogP contribution in [0.15, 0.2) is 33.7 Å². The SMILES string of the molecule is Cc1cc(S(=O)(=O)Nc2cccnc2C2CC2)c(C)o1. The van der Waals surface area contributed by atoms with Crippen LogP contribution in [0.25, 0.3) is 0 Å². The quantitative estimate of drug-likeness (QED) is 0.940. The van der Waals surface area contributed by atoms with Crippen molar-refractivity contribution in [1.29, 1.82) is 0 Å². The lowest BCUT2D eigenvalue weighted by Crippen LogP contribution is -2.14. The first-order valence-corrected chi connectivity index (χ1v) is 8.00. The molecular formula is C14H16N2O3S. The molecule has 0 bridgehead atoms. The molecule has 0 unspecified atom stereocenters. The Bertz CT molecular complexity index is 746. The second-order valence-corrected chi connectivity index (χ2v) is 6.74. The molecule has 2 aromatic rings. The van der Waals surface area contributed by atoms with E-state index in [9.17, 15) is 8.42 Å². The highest BCUT2D eigenvalue weighted by molar-refractivity contribution is 7.92. The second kappa shape index (κ2) is 4.63. The fraction of sp³-hybridized carbons (Fsp3) is 0.357. The molecule has 0 radical (unpaired) electrons. The van der Waals surface area contributed by atoms with Crippen LogP contribution in [0.4, 0.5) is 5.69 Å². The zero-order chi connectivity index (χ0) is 14.3. The van der Waals surface area contributed by atoms with Gasteiger partial charge in [-0.2, -0.15) is 0 Å². The topological polar surface area (TPSA) is 72.2 Å². The highest BCUT2D eigenvalue weighted by Crippen LogP contribution is 2.42. The average Bonchev–Trinajstić information content (AvgIpc) is 3.15. The summed E-state index contributed by atoms with van der Waals surface area (Å²) in [5.41, 5.74) is 1.39. The second-order valence-electron chi connectivity index (χ2n) is 5.09. The van der Waals surface area contributed by atoms with Gasteiger partial charge in [0.2, 0.25) is 0 Å². The van der Waals surface area contributed by atoms with Gasteiger partial charge >= 0.3 is 0 Å². The summed E-state index contributed by atoms with van der Waals surface area (Å²) in [4.78, 5) is 4.48. The van der Waals surface area contributed by atoms with Gasteiger partial charge in [-0.15, -0.1) is 0 Å². The lowest BCUT2D eigenvalue weighted by atomic mass is 10.2. The first-order chi connectivity index (χ1) is 9.47. The van der Waals surface area contributed by atoms with Gasteiger partial charge in [-0.1, -0.05) is 0 Å².